The number of nitrogens with zero attached hydrogens (tertiary/aromatic N) is 2. The highest BCUT2D eigenvalue weighted by atomic mass is 19.3. The van der Waals surface area contributed by atoms with Gasteiger partial charge in [0.2, 0.25) is 0 Å². The minimum atomic E-state index is -1.06. The number of carbonyl (C=O) groups excluding carboxylic acids is 1. The van der Waals surface area contributed by atoms with Crippen LogP contribution in [0.1, 0.15) is 92.3 Å². The molecule has 28 heavy (non-hydrogen) atoms. The van der Waals surface area contributed by atoms with Gasteiger partial charge in [-0.25, -0.2) is 19.7 Å². The second-order valence-corrected chi connectivity index (χ2v) is 9.93. The van der Waals surface area contributed by atoms with E-state index in [4.69, 9.17) is 0 Å². The Balaban J connectivity index is 1.85. The van der Waals surface area contributed by atoms with Gasteiger partial charge in [0, 0.05) is 16.9 Å². The van der Waals surface area contributed by atoms with E-state index in [1.807, 2.05) is 0 Å². The fraction of sp³-hybridized carbons (Fsp3) is 0.522. The zero-order valence-corrected chi connectivity index (χ0v) is 17.2. The normalized spacial score (nSPS) is 19.2. The molecule has 1 aromatic heterocycles. The van der Waals surface area contributed by atoms with Gasteiger partial charge in [0.25, 0.3) is 0 Å². The lowest BCUT2D eigenvalue weighted by atomic mass is 9.77. The largest absolute Gasteiger partial charge is 0.382 e. The van der Waals surface area contributed by atoms with Gasteiger partial charge in [-0.15, -0.1) is 0 Å². The van der Waals surface area contributed by atoms with Crippen LogP contribution in [0.5, 0.6) is 0 Å². The number of fused-ring (bicyclic) bond motifs is 1. The molecule has 0 spiro atoms. The van der Waals surface area contributed by atoms with E-state index in [2.05, 4.69) is 61.7 Å². The maximum atomic E-state index is 12.2. The Morgan fingerprint density at radius 1 is 1.07 bits per heavy atom. The summed E-state index contributed by atoms with van der Waals surface area (Å²) in [6.45, 7) is 11.4. The molecular weight excluding hydrogens is 355 g/mol. The number of benzene rings is 1. The van der Waals surface area contributed by atoms with E-state index in [-0.39, 0.29) is 21.8 Å². The van der Waals surface area contributed by atoms with Crippen LogP contribution < -0.4 is 0 Å². The molecule has 2 aromatic rings. The SMILES string of the molecule is CC(C)(C)c1cc2c(c(C3(c4ncc(C(=O)OF)cn4)CC3)c1)CCC2(C)C. The third-order valence-corrected chi connectivity index (χ3v) is 6.50. The average molecular weight is 382 g/mol. The Morgan fingerprint density at radius 2 is 1.68 bits per heavy atom. The molecule has 2 aliphatic rings. The highest BCUT2D eigenvalue weighted by Gasteiger charge is 2.51. The van der Waals surface area contributed by atoms with Crippen LogP contribution in [-0.4, -0.2) is 15.9 Å². The predicted molar refractivity (Wildman–Crippen MR) is 105 cm³/mol. The molecule has 2 aliphatic carbocycles. The van der Waals surface area contributed by atoms with Gasteiger partial charge in [-0.05, 0) is 58.8 Å². The molecule has 1 aromatic carbocycles. The van der Waals surface area contributed by atoms with Gasteiger partial charge in [-0.2, -0.15) is 0 Å². The van der Waals surface area contributed by atoms with Crippen molar-refractivity contribution in [3.8, 4) is 0 Å². The van der Waals surface area contributed by atoms with Gasteiger partial charge < -0.3 is 0 Å². The fourth-order valence-electron chi connectivity index (χ4n) is 4.44. The number of aromatic nitrogens is 2. The van der Waals surface area contributed by atoms with Gasteiger partial charge in [0.1, 0.15) is 5.82 Å². The second kappa shape index (κ2) is 6.10. The molecule has 0 radical (unpaired) electrons. The molecule has 1 fully saturated rings. The average Bonchev–Trinajstić information content (AvgIpc) is 3.40. The molecule has 0 amide bonds. The monoisotopic (exact) mass is 382 g/mol. The Kier molecular flexibility index (Phi) is 4.15. The van der Waals surface area contributed by atoms with Crippen LogP contribution in [0, 0.1) is 0 Å². The van der Waals surface area contributed by atoms with E-state index in [0.717, 1.165) is 25.7 Å². The summed E-state index contributed by atoms with van der Waals surface area (Å²) in [6.07, 6.45) is 6.90. The van der Waals surface area contributed by atoms with Gasteiger partial charge >= 0.3 is 5.97 Å². The Labute approximate surface area is 165 Å². The van der Waals surface area contributed by atoms with Gasteiger partial charge in [0.05, 0.1) is 11.0 Å². The highest BCUT2D eigenvalue weighted by molar-refractivity contribution is 5.88. The highest BCUT2D eigenvalue weighted by Crippen LogP contribution is 2.56. The van der Waals surface area contributed by atoms with Crippen molar-refractivity contribution in [2.75, 3.05) is 0 Å². The van der Waals surface area contributed by atoms with Crippen LogP contribution in [0.15, 0.2) is 24.5 Å². The van der Waals surface area contributed by atoms with E-state index >= 15 is 0 Å². The van der Waals surface area contributed by atoms with E-state index in [9.17, 15) is 9.32 Å². The lowest BCUT2D eigenvalue weighted by Crippen LogP contribution is -2.21. The van der Waals surface area contributed by atoms with Crippen molar-refractivity contribution in [3.63, 3.8) is 0 Å². The third-order valence-electron chi connectivity index (χ3n) is 6.50. The topological polar surface area (TPSA) is 52.1 Å². The summed E-state index contributed by atoms with van der Waals surface area (Å²) >= 11 is 0. The number of hydrogen-bond acceptors (Lipinski definition) is 4. The summed E-state index contributed by atoms with van der Waals surface area (Å²) in [4.78, 5) is 23.5. The number of rotatable bonds is 3. The molecule has 0 N–H and O–H groups in total. The zero-order valence-electron chi connectivity index (χ0n) is 17.2. The molecule has 0 saturated heterocycles. The number of halogens is 1. The van der Waals surface area contributed by atoms with Crippen LogP contribution in [0.4, 0.5) is 4.53 Å². The first-order chi connectivity index (χ1) is 13.1. The third kappa shape index (κ3) is 2.92. The van der Waals surface area contributed by atoms with Crippen molar-refractivity contribution in [2.24, 2.45) is 0 Å². The smallest absolute Gasteiger partial charge is 0.249 e. The van der Waals surface area contributed by atoms with E-state index in [0.29, 0.717) is 5.82 Å². The van der Waals surface area contributed by atoms with Crippen LogP contribution in [0.25, 0.3) is 0 Å². The van der Waals surface area contributed by atoms with Crippen molar-refractivity contribution in [1.82, 2.24) is 9.97 Å². The van der Waals surface area contributed by atoms with Crippen LogP contribution in [0.2, 0.25) is 0 Å². The molecule has 0 bridgehead atoms. The first-order valence-corrected chi connectivity index (χ1v) is 9.92. The maximum absolute atomic E-state index is 12.2. The molecule has 5 heteroatoms. The Morgan fingerprint density at radius 3 is 2.21 bits per heavy atom. The van der Waals surface area contributed by atoms with Crippen LogP contribution in [0.3, 0.4) is 0 Å². The van der Waals surface area contributed by atoms with E-state index in [1.165, 1.54) is 34.6 Å². The van der Waals surface area contributed by atoms with Gasteiger partial charge in [0.15, 0.2) is 0 Å². The van der Waals surface area contributed by atoms with E-state index < -0.39 is 5.97 Å². The first kappa shape index (κ1) is 19.0. The number of carbonyl (C=O) groups is 1. The first-order valence-electron chi connectivity index (χ1n) is 9.92. The zero-order chi connectivity index (χ0) is 20.3. The van der Waals surface area contributed by atoms with Crippen LogP contribution >= 0.6 is 0 Å². The quantitative estimate of drug-likeness (QED) is 0.739. The maximum Gasteiger partial charge on any atom is 0.382 e. The molecule has 4 nitrogen and oxygen atoms in total. The predicted octanol–water partition coefficient (Wildman–Crippen LogP) is 5.12. The summed E-state index contributed by atoms with van der Waals surface area (Å²) < 4.78 is 12.2. The second-order valence-electron chi connectivity index (χ2n) is 9.93. The van der Waals surface area contributed by atoms with E-state index in [1.54, 1.807) is 0 Å². The van der Waals surface area contributed by atoms with Crippen LogP contribution in [-0.2, 0) is 27.6 Å². The fourth-order valence-corrected chi connectivity index (χ4v) is 4.44. The van der Waals surface area contributed by atoms with Crippen molar-refractivity contribution in [1.29, 1.82) is 0 Å². The summed E-state index contributed by atoms with van der Waals surface area (Å²) in [7, 11) is 0. The van der Waals surface area contributed by atoms with Gasteiger partial charge in [-0.1, -0.05) is 46.8 Å². The molecule has 0 unspecified atom stereocenters. The molecule has 1 heterocycles. The minimum Gasteiger partial charge on any atom is -0.249 e. The molecule has 0 aliphatic heterocycles. The summed E-state index contributed by atoms with van der Waals surface area (Å²) in [5.41, 5.74) is 5.58. The summed E-state index contributed by atoms with van der Waals surface area (Å²) in [5, 5.41) is 0. The molecule has 4 rings (SSSR count). The van der Waals surface area contributed by atoms with Crippen molar-refractivity contribution < 1.29 is 14.3 Å². The van der Waals surface area contributed by atoms with Crippen molar-refractivity contribution in [3.05, 3.63) is 58.2 Å². The minimum absolute atomic E-state index is 0.0249. The molecular formula is C23H27FN2O2. The van der Waals surface area contributed by atoms with Gasteiger partial charge in [-0.3, -0.25) is 0 Å². The summed E-state index contributed by atoms with van der Waals surface area (Å²) in [6, 6.07) is 4.74. The lowest BCUT2D eigenvalue weighted by molar-refractivity contribution is -0.0788. The van der Waals surface area contributed by atoms with Crippen molar-refractivity contribution in [2.45, 2.75) is 76.5 Å². The Hall–Kier alpha value is -2.30. The molecule has 1 saturated carbocycles. The standard InChI is InChI=1S/C23H27FN2O2/c1-21(2,3)15-10-17-16(6-7-22(17,4)5)18(11-15)23(8-9-23)20-25-12-14(13-26-20)19(27)28-24/h10-13H,6-9H2,1-5H3. The summed E-state index contributed by atoms with van der Waals surface area (Å²) in [5.74, 6) is -0.352. The Bertz CT molecular complexity index is 938. The molecule has 0 atom stereocenters. The van der Waals surface area contributed by atoms with Crippen molar-refractivity contribution >= 4 is 5.97 Å². The number of hydrogen-bond donors (Lipinski definition) is 0. The molecule has 148 valence electrons. The lowest BCUT2D eigenvalue weighted by Gasteiger charge is -2.28.